The van der Waals surface area contributed by atoms with E-state index in [1.165, 1.54) is 11.8 Å². The van der Waals surface area contributed by atoms with E-state index >= 15 is 0 Å². The third-order valence-electron chi connectivity index (χ3n) is 3.89. The van der Waals surface area contributed by atoms with E-state index in [9.17, 15) is 9.59 Å². The highest BCUT2D eigenvalue weighted by atomic mass is 32.2. The van der Waals surface area contributed by atoms with Crippen molar-refractivity contribution in [3.8, 4) is 11.1 Å². The maximum Gasteiger partial charge on any atom is 0.254 e. The summed E-state index contributed by atoms with van der Waals surface area (Å²) >= 11 is 1.28. The number of aromatic nitrogens is 1. The van der Waals surface area contributed by atoms with E-state index < -0.39 is 0 Å². The molecule has 26 heavy (non-hydrogen) atoms. The Bertz CT molecular complexity index is 912. The SMILES string of the molecule is CNC(=O)c1c(-c2ccccc2)ccnc1SCC(=O)c1ccccc1. The van der Waals surface area contributed by atoms with E-state index in [1.54, 1.807) is 25.4 Å². The first-order chi connectivity index (χ1) is 12.7. The number of carbonyl (C=O) groups excluding carboxylic acids is 2. The van der Waals surface area contributed by atoms with Gasteiger partial charge in [-0.2, -0.15) is 0 Å². The molecule has 0 aliphatic heterocycles. The molecule has 5 heteroatoms. The Balaban J connectivity index is 1.92. The minimum Gasteiger partial charge on any atom is -0.355 e. The summed E-state index contributed by atoms with van der Waals surface area (Å²) < 4.78 is 0. The highest BCUT2D eigenvalue weighted by molar-refractivity contribution is 8.00. The Hall–Kier alpha value is -2.92. The second kappa shape index (κ2) is 8.45. The molecule has 130 valence electrons. The van der Waals surface area contributed by atoms with Gasteiger partial charge in [0.1, 0.15) is 5.03 Å². The zero-order chi connectivity index (χ0) is 18.4. The minimum absolute atomic E-state index is 0.00497. The zero-order valence-corrected chi connectivity index (χ0v) is 15.1. The van der Waals surface area contributed by atoms with Gasteiger partial charge in [0, 0.05) is 18.8 Å². The van der Waals surface area contributed by atoms with Crippen LogP contribution < -0.4 is 5.32 Å². The van der Waals surface area contributed by atoms with Crippen LogP contribution in [0.1, 0.15) is 20.7 Å². The summed E-state index contributed by atoms with van der Waals surface area (Å²) in [4.78, 5) is 29.2. The first kappa shape index (κ1) is 17.9. The Kier molecular flexibility index (Phi) is 5.81. The molecule has 2 aromatic carbocycles. The van der Waals surface area contributed by atoms with E-state index in [-0.39, 0.29) is 17.4 Å². The molecule has 3 rings (SSSR count). The highest BCUT2D eigenvalue weighted by Gasteiger charge is 2.19. The molecule has 0 aliphatic carbocycles. The van der Waals surface area contributed by atoms with Gasteiger partial charge in [-0.05, 0) is 17.2 Å². The maximum atomic E-state index is 12.5. The monoisotopic (exact) mass is 362 g/mol. The molecule has 1 aromatic heterocycles. The van der Waals surface area contributed by atoms with Gasteiger partial charge < -0.3 is 5.32 Å². The van der Waals surface area contributed by atoms with Gasteiger partial charge in [-0.1, -0.05) is 72.4 Å². The van der Waals surface area contributed by atoms with Gasteiger partial charge >= 0.3 is 0 Å². The summed E-state index contributed by atoms with van der Waals surface area (Å²) in [5.74, 6) is 0.0104. The van der Waals surface area contributed by atoms with Crippen molar-refractivity contribution in [1.29, 1.82) is 0 Å². The molecule has 0 saturated heterocycles. The Morgan fingerprint density at radius 3 is 2.27 bits per heavy atom. The molecule has 0 atom stereocenters. The van der Waals surface area contributed by atoms with Crippen LogP contribution >= 0.6 is 11.8 Å². The number of hydrogen-bond donors (Lipinski definition) is 1. The summed E-state index contributed by atoms with van der Waals surface area (Å²) in [5, 5.41) is 3.22. The average molecular weight is 362 g/mol. The van der Waals surface area contributed by atoms with Gasteiger partial charge in [0.05, 0.1) is 11.3 Å². The first-order valence-corrected chi connectivity index (χ1v) is 9.17. The van der Waals surface area contributed by atoms with Gasteiger partial charge in [-0.15, -0.1) is 0 Å². The number of Topliss-reactive ketones (excluding diaryl/α,β-unsaturated/α-hetero) is 1. The molecule has 4 nitrogen and oxygen atoms in total. The van der Waals surface area contributed by atoms with E-state index in [4.69, 9.17) is 0 Å². The number of nitrogens with one attached hydrogen (secondary N) is 1. The predicted molar refractivity (Wildman–Crippen MR) is 105 cm³/mol. The average Bonchev–Trinajstić information content (AvgIpc) is 2.72. The van der Waals surface area contributed by atoms with Crippen LogP contribution in [0.2, 0.25) is 0 Å². The van der Waals surface area contributed by atoms with Crippen LogP contribution in [-0.2, 0) is 0 Å². The van der Waals surface area contributed by atoms with E-state index in [2.05, 4.69) is 10.3 Å². The Labute approximate surface area is 156 Å². The molecular formula is C21H18N2O2S. The number of benzene rings is 2. The number of pyridine rings is 1. The van der Waals surface area contributed by atoms with E-state index in [0.29, 0.717) is 16.2 Å². The van der Waals surface area contributed by atoms with Gasteiger partial charge in [0.2, 0.25) is 0 Å². The lowest BCUT2D eigenvalue weighted by Crippen LogP contribution is -2.20. The van der Waals surface area contributed by atoms with Gasteiger partial charge in [-0.3, -0.25) is 9.59 Å². The molecule has 0 spiro atoms. The fourth-order valence-corrected chi connectivity index (χ4v) is 3.51. The van der Waals surface area contributed by atoms with Gasteiger partial charge in [0.25, 0.3) is 5.91 Å². The highest BCUT2D eigenvalue weighted by Crippen LogP contribution is 2.30. The van der Waals surface area contributed by atoms with Crippen LogP contribution in [0.3, 0.4) is 0 Å². The molecule has 0 unspecified atom stereocenters. The second-order valence-electron chi connectivity index (χ2n) is 5.56. The largest absolute Gasteiger partial charge is 0.355 e. The number of hydrogen-bond acceptors (Lipinski definition) is 4. The zero-order valence-electron chi connectivity index (χ0n) is 14.3. The number of nitrogens with zero attached hydrogens (tertiary/aromatic N) is 1. The molecule has 1 amide bonds. The predicted octanol–water partition coefficient (Wildman–Crippen LogP) is 4.08. The molecule has 1 heterocycles. The molecule has 0 radical (unpaired) electrons. The fraction of sp³-hybridized carbons (Fsp3) is 0.0952. The second-order valence-corrected chi connectivity index (χ2v) is 6.53. The topological polar surface area (TPSA) is 59.1 Å². The lowest BCUT2D eigenvalue weighted by molar-refractivity contribution is 0.0958. The quantitative estimate of drug-likeness (QED) is 0.530. The number of carbonyl (C=O) groups is 2. The Morgan fingerprint density at radius 2 is 1.62 bits per heavy atom. The van der Waals surface area contributed by atoms with Crippen LogP contribution in [-0.4, -0.2) is 29.5 Å². The summed E-state index contributed by atoms with van der Waals surface area (Å²) in [6.07, 6.45) is 1.67. The molecule has 1 N–H and O–H groups in total. The number of thioether (sulfide) groups is 1. The summed E-state index contributed by atoms with van der Waals surface area (Å²) in [6.45, 7) is 0. The number of rotatable bonds is 6. The summed E-state index contributed by atoms with van der Waals surface area (Å²) in [6, 6.07) is 20.6. The first-order valence-electron chi connectivity index (χ1n) is 8.18. The van der Waals surface area contributed by atoms with Gasteiger partial charge in [-0.25, -0.2) is 4.98 Å². The molecular weight excluding hydrogens is 344 g/mol. The van der Waals surface area contributed by atoms with Crippen molar-refractivity contribution in [2.24, 2.45) is 0 Å². The maximum absolute atomic E-state index is 12.5. The van der Waals surface area contributed by atoms with Crippen molar-refractivity contribution < 1.29 is 9.59 Å². The van der Waals surface area contributed by atoms with Crippen LogP contribution in [0, 0.1) is 0 Å². The molecule has 0 bridgehead atoms. The number of ketones is 1. The van der Waals surface area contributed by atoms with Crippen LogP contribution in [0.5, 0.6) is 0 Å². The third-order valence-corrected chi connectivity index (χ3v) is 4.88. The minimum atomic E-state index is -0.216. The fourth-order valence-electron chi connectivity index (χ4n) is 2.60. The Morgan fingerprint density at radius 1 is 0.962 bits per heavy atom. The lowest BCUT2D eigenvalue weighted by atomic mass is 10.0. The van der Waals surface area contributed by atoms with Crippen LogP contribution in [0.25, 0.3) is 11.1 Å². The number of amides is 1. The molecule has 3 aromatic rings. The van der Waals surface area contributed by atoms with Crippen molar-refractivity contribution in [1.82, 2.24) is 10.3 Å². The molecule has 0 fully saturated rings. The van der Waals surface area contributed by atoms with Crippen LogP contribution in [0.15, 0.2) is 78.0 Å². The summed E-state index contributed by atoms with van der Waals surface area (Å²) in [7, 11) is 1.59. The normalized spacial score (nSPS) is 10.3. The van der Waals surface area contributed by atoms with Crippen molar-refractivity contribution in [3.05, 3.63) is 84.1 Å². The van der Waals surface area contributed by atoms with E-state index in [0.717, 1.165) is 11.1 Å². The molecule has 0 saturated carbocycles. The van der Waals surface area contributed by atoms with Gasteiger partial charge in [0.15, 0.2) is 5.78 Å². The van der Waals surface area contributed by atoms with Crippen molar-refractivity contribution in [3.63, 3.8) is 0 Å². The van der Waals surface area contributed by atoms with E-state index in [1.807, 2.05) is 54.6 Å². The summed E-state index contributed by atoms with van der Waals surface area (Å²) in [5.41, 5.74) is 2.88. The van der Waals surface area contributed by atoms with Crippen molar-refractivity contribution in [2.75, 3.05) is 12.8 Å². The third kappa shape index (κ3) is 4.00. The van der Waals surface area contributed by atoms with Crippen molar-refractivity contribution in [2.45, 2.75) is 5.03 Å². The van der Waals surface area contributed by atoms with Crippen molar-refractivity contribution >= 4 is 23.5 Å². The lowest BCUT2D eigenvalue weighted by Gasteiger charge is -2.12. The smallest absolute Gasteiger partial charge is 0.254 e. The standard InChI is InChI=1S/C21H18N2O2S/c1-22-20(25)19-17(15-8-4-2-5-9-15)12-13-23-21(19)26-14-18(24)16-10-6-3-7-11-16/h2-13H,14H2,1H3,(H,22,25). The van der Waals surface area contributed by atoms with Crippen LogP contribution in [0.4, 0.5) is 0 Å². The molecule has 0 aliphatic rings.